The predicted molar refractivity (Wildman–Crippen MR) is 93.1 cm³/mol. The number of anilines is 1. The second kappa shape index (κ2) is 6.29. The standard InChI is InChI=1S/C16H20B2N4O/c1-21(2)16-20-14-9-11(17)3-4-13(14)15(23)22(16)12-5-7-18(10-19)8-6-12/h3-4,9,12,16,20H,5-8H2,1-2H3. The number of nitriles is 1. The molecular formula is C16H20B2N4O. The van der Waals surface area contributed by atoms with Crippen molar-refractivity contribution >= 4 is 31.6 Å². The van der Waals surface area contributed by atoms with E-state index in [9.17, 15) is 4.79 Å². The highest BCUT2D eigenvalue weighted by Gasteiger charge is 2.39. The maximum atomic E-state index is 13.0. The normalized spacial score (nSPS) is 21.8. The minimum absolute atomic E-state index is 0.0397. The largest absolute Gasteiger partial charge is 0.352 e. The van der Waals surface area contributed by atoms with Crippen molar-refractivity contribution in [2.75, 3.05) is 19.4 Å². The van der Waals surface area contributed by atoms with Crippen LogP contribution in [-0.2, 0) is 0 Å². The molecule has 3 rings (SSSR count). The fraction of sp³-hybridized carbons (Fsp3) is 0.500. The fourth-order valence-electron chi connectivity index (χ4n) is 3.55. The van der Waals surface area contributed by atoms with Crippen LogP contribution >= 0.6 is 0 Å². The molecule has 1 saturated heterocycles. The average molecular weight is 306 g/mol. The highest BCUT2D eigenvalue weighted by Crippen LogP contribution is 2.32. The summed E-state index contributed by atoms with van der Waals surface area (Å²) in [4.78, 5) is 17.0. The molecule has 1 atom stereocenters. The quantitative estimate of drug-likeness (QED) is 0.825. The van der Waals surface area contributed by atoms with Gasteiger partial charge < -0.3 is 10.2 Å². The van der Waals surface area contributed by atoms with Crippen molar-refractivity contribution < 1.29 is 4.79 Å². The Balaban J connectivity index is 1.90. The fourth-order valence-corrected chi connectivity index (χ4v) is 3.55. The zero-order valence-corrected chi connectivity index (χ0v) is 13.6. The number of rotatable bonds is 2. The zero-order valence-electron chi connectivity index (χ0n) is 13.6. The van der Waals surface area contributed by atoms with E-state index in [1.165, 1.54) is 0 Å². The van der Waals surface area contributed by atoms with E-state index >= 15 is 0 Å². The van der Waals surface area contributed by atoms with Crippen molar-refractivity contribution in [2.24, 2.45) is 0 Å². The molecule has 2 aliphatic heterocycles. The van der Waals surface area contributed by atoms with E-state index in [-0.39, 0.29) is 25.0 Å². The Hall–Kier alpha value is -1.93. The SMILES string of the molecule is [B]c1ccc2c(c1)NC(N(C)C)N(C1CCB(C#N)CC1)C2=O. The number of amides is 1. The van der Waals surface area contributed by atoms with E-state index in [0.717, 1.165) is 31.2 Å². The Morgan fingerprint density at radius 1 is 1.39 bits per heavy atom. The van der Waals surface area contributed by atoms with Crippen LogP contribution in [0.15, 0.2) is 18.2 Å². The molecule has 1 fully saturated rings. The van der Waals surface area contributed by atoms with Crippen LogP contribution in [0, 0.1) is 11.2 Å². The lowest BCUT2D eigenvalue weighted by atomic mass is 9.42. The molecular weight excluding hydrogens is 286 g/mol. The van der Waals surface area contributed by atoms with Crippen molar-refractivity contribution in [1.29, 1.82) is 5.26 Å². The van der Waals surface area contributed by atoms with Gasteiger partial charge in [-0.15, -0.1) is 0 Å². The zero-order chi connectivity index (χ0) is 16.6. The molecule has 1 N–H and O–H groups in total. The molecule has 1 unspecified atom stereocenters. The number of hydrogen-bond donors (Lipinski definition) is 1. The number of carbonyl (C=O) groups is 1. The first kappa shape index (κ1) is 15.9. The first-order chi connectivity index (χ1) is 11.0. The van der Waals surface area contributed by atoms with Gasteiger partial charge in [-0.05, 0) is 39.1 Å². The van der Waals surface area contributed by atoms with E-state index in [2.05, 4.69) is 11.3 Å². The third-order valence-corrected chi connectivity index (χ3v) is 4.82. The third kappa shape index (κ3) is 2.96. The molecule has 2 heterocycles. The van der Waals surface area contributed by atoms with Gasteiger partial charge in [-0.2, -0.15) is 0 Å². The van der Waals surface area contributed by atoms with E-state index in [4.69, 9.17) is 13.1 Å². The summed E-state index contributed by atoms with van der Waals surface area (Å²) < 4.78 is 0. The third-order valence-electron chi connectivity index (χ3n) is 4.82. The summed E-state index contributed by atoms with van der Waals surface area (Å²) in [6.07, 6.45) is 3.28. The van der Waals surface area contributed by atoms with Gasteiger partial charge in [-0.25, -0.2) is 5.26 Å². The van der Waals surface area contributed by atoms with Crippen LogP contribution in [0.25, 0.3) is 0 Å². The molecule has 0 spiro atoms. The summed E-state index contributed by atoms with van der Waals surface area (Å²) >= 11 is 0. The highest BCUT2D eigenvalue weighted by molar-refractivity contribution is 6.67. The van der Waals surface area contributed by atoms with Gasteiger partial charge in [0, 0.05) is 17.7 Å². The van der Waals surface area contributed by atoms with Crippen molar-refractivity contribution in [3.63, 3.8) is 0 Å². The summed E-state index contributed by atoms with van der Waals surface area (Å²) in [5, 5.41) is 12.5. The summed E-state index contributed by atoms with van der Waals surface area (Å²) in [5.41, 5.74) is 2.10. The molecule has 0 saturated carbocycles. The Kier molecular flexibility index (Phi) is 4.36. The molecule has 7 heteroatoms. The van der Waals surface area contributed by atoms with Crippen molar-refractivity contribution in [1.82, 2.24) is 9.80 Å². The smallest absolute Gasteiger partial charge is 0.268 e. The molecule has 2 radical (unpaired) electrons. The van der Waals surface area contributed by atoms with Crippen LogP contribution in [0.1, 0.15) is 23.2 Å². The van der Waals surface area contributed by atoms with Gasteiger partial charge in [-0.3, -0.25) is 9.69 Å². The maximum absolute atomic E-state index is 13.0. The highest BCUT2D eigenvalue weighted by atomic mass is 16.2. The molecule has 0 bridgehead atoms. The topological polar surface area (TPSA) is 59.4 Å². The number of nitrogens with one attached hydrogen (secondary N) is 1. The van der Waals surface area contributed by atoms with E-state index in [0.29, 0.717) is 11.0 Å². The van der Waals surface area contributed by atoms with Gasteiger partial charge >= 0.3 is 0 Å². The second-order valence-corrected chi connectivity index (χ2v) is 6.63. The average Bonchev–Trinajstić information content (AvgIpc) is 2.54. The first-order valence-corrected chi connectivity index (χ1v) is 8.06. The number of fused-ring (bicyclic) bond motifs is 1. The molecule has 116 valence electrons. The molecule has 5 nitrogen and oxygen atoms in total. The number of carbonyl (C=O) groups excluding carboxylic acids is 1. The first-order valence-electron chi connectivity index (χ1n) is 8.06. The van der Waals surface area contributed by atoms with Crippen LogP contribution in [0.5, 0.6) is 0 Å². The Bertz CT molecular complexity index is 650. The molecule has 1 amide bonds. The van der Waals surface area contributed by atoms with Gasteiger partial charge in [-0.1, -0.05) is 24.2 Å². The Morgan fingerprint density at radius 2 is 2.09 bits per heavy atom. The van der Waals surface area contributed by atoms with E-state index in [1.807, 2.05) is 30.0 Å². The minimum Gasteiger partial charge on any atom is -0.352 e. The minimum atomic E-state index is -0.194. The van der Waals surface area contributed by atoms with Gasteiger partial charge in [0.05, 0.1) is 5.56 Å². The van der Waals surface area contributed by atoms with Gasteiger partial charge in [0.1, 0.15) is 7.85 Å². The van der Waals surface area contributed by atoms with E-state index in [1.54, 1.807) is 12.1 Å². The molecule has 2 aliphatic rings. The molecule has 0 aliphatic carbocycles. The molecule has 1 aromatic rings. The lowest BCUT2D eigenvalue weighted by Gasteiger charge is -2.46. The van der Waals surface area contributed by atoms with Gasteiger partial charge in [0.25, 0.3) is 12.6 Å². The Morgan fingerprint density at radius 3 is 2.70 bits per heavy atom. The number of hydrogen-bond acceptors (Lipinski definition) is 4. The molecule has 23 heavy (non-hydrogen) atoms. The lowest BCUT2D eigenvalue weighted by Crippen LogP contribution is -2.60. The summed E-state index contributed by atoms with van der Waals surface area (Å²) in [6, 6.07) is 5.53. The summed E-state index contributed by atoms with van der Waals surface area (Å²) in [5.74, 6) is 2.39. The van der Waals surface area contributed by atoms with Crippen molar-refractivity contribution in [3.05, 3.63) is 23.8 Å². The van der Waals surface area contributed by atoms with Crippen LogP contribution in [0.4, 0.5) is 5.69 Å². The number of benzene rings is 1. The van der Waals surface area contributed by atoms with Crippen LogP contribution < -0.4 is 10.8 Å². The molecule has 1 aromatic carbocycles. The second-order valence-electron chi connectivity index (χ2n) is 6.63. The van der Waals surface area contributed by atoms with Crippen molar-refractivity contribution in [2.45, 2.75) is 37.8 Å². The maximum Gasteiger partial charge on any atom is 0.268 e. The molecule has 0 aromatic heterocycles. The predicted octanol–water partition coefficient (Wildman–Crippen LogP) is 0.913. The van der Waals surface area contributed by atoms with Crippen LogP contribution in [0.3, 0.4) is 0 Å². The van der Waals surface area contributed by atoms with Crippen molar-refractivity contribution in [3.8, 4) is 5.97 Å². The van der Waals surface area contributed by atoms with E-state index < -0.39 is 0 Å². The summed E-state index contributed by atoms with van der Waals surface area (Å²) in [6.45, 7) is 0.129. The number of nitrogens with zero attached hydrogens (tertiary/aromatic N) is 3. The van der Waals surface area contributed by atoms with Crippen LogP contribution in [0.2, 0.25) is 12.6 Å². The lowest BCUT2D eigenvalue weighted by molar-refractivity contribution is 0.0316. The Labute approximate surface area is 139 Å². The summed E-state index contributed by atoms with van der Waals surface area (Å²) in [7, 11) is 9.76. The van der Waals surface area contributed by atoms with Crippen LogP contribution in [-0.4, -0.2) is 56.7 Å². The van der Waals surface area contributed by atoms with Gasteiger partial charge in [0.2, 0.25) is 0 Å². The van der Waals surface area contributed by atoms with Gasteiger partial charge in [0.15, 0.2) is 6.29 Å². The monoisotopic (exact) mass is 306 g/mol.